The summed E-state index contributed by atoms with van der Waals surface area (Å²) in [6.07, 6.45) is 3.19. The second-order valence-corrected chi connectivity index (χ2v) is 6.10. The molecule has 1 aliphatic carbocycles. The Kier molecular flexibility index (Phi) is 4.38. The maximum Gasteiger partial charge on any atom is 0.357 e. The van der Waals surface area contributed by atoms with Crippen LogP contribution >= 0.6 is 15.9 Å². The predicted molar refractivity (Wildman–Crippen MR) is 73.3 cm³/mol. The van der Waals surface area contributed by atoms with Crippen molar-refractivity contribution in [3.05, 3.63) is 28.5 Å². The van der Waals surface area contributed by atoms with Crippen LogP contribution in [0, 0.1) is 11.8 Å². The summed E-state index contributed by atoms with van der Waals surface area (Å²) in [5, 5.41) is 0. The van der Waals surface area contributed by atoms with Crippen molar-refractivity contribution in [3.63, 3.8) is 0 Å². The molecule has 18 heavy (non-hydrogen) atoms. The molecular weight excluding hydrogens is 294 g/mol. The highest BCUT2D eigenvalue weighted by Gasteiger charge is 2.27. The normalized spacial score (nSPS) is 27.8. The van der Waals surface area contributed by atoms with Crippen molar-refractivity contribution in [3.8, 4) is 0 Å². The molecule has 2 atom stereocenters. The topological polar surface area (TPSA) is 39.2 Å². The molecule has 1 aliphatic rings. The van der Waals surface area contributed by atoms with Crippen LogP contribution in [-0.4, -0.2) is 17.1 Å². The number of carbonyl (C=O) groups is 1. The van der Waals surface area contributed by atoms with Crippen LogP contribution < -0.4 is 0 Å². The zero-order valence-electron chi connectivity index (χ0n) is 10.7. The van der Waals surface area contributed by atoms with E-state index in [2.05, 4.69) is 34.8 Å². The molecular formula is C14H18BrNO2. The van der Waals surface area contributed by atoms with Crippen LogP contribution in [0.2, 0.25) is 0 Å². The Labute approximate surface area is 116 Å². The number of hydrogen-bond acceptors (Lipinski definition) is 3. The number of hydrogen-bond donors (Lipinski definition) is 0. The molecule has 0 radical (unpaired) electrons. The van der Waals surface area contributed by atoms with Crippen LogP contribution in [0.3, 0.4) is 0 Å². The Morgan fingerprint density at radius 2 is 1.94 bits per heavy atom. The number of rotatable bonds is 2. The second kappa shape index (κ2) is 5.83. The van der Waals surface area contributed by atoms with Crippen LogP contribution in [0.15, 0.2) is 22.8 Å². The van der Waals surface area contributed by atoms with Gasteiger partial charge in [0.15, 0.2) is 0 Å². The van der Waals surface area contributed by atoms with Crippen molar-refractivity contribution in [2.45, 2.75) is 39.2 Å². The van der Waals surface area contributed by atoms with Gasteiger partial charge in [-0.05, 0) is 59.2 Å². The Morgan fingerprint density at radius 1 is 1.28 bits per heavy atom. The molecule has 0 aromatic carbocycles. The number of carbonyl (C=O) groups excluding carboxylic acids is 1. The van der Waals surface area contributed by atoms with E-state index < -0.39 is 0 Å². The lowest BCUT2D eigenvalue weighted by Crippen LogP contribution is -2.28. The molecule has 4 heteroatoms. The highest BCUT2D eigenvalue weighted by Crippen LogP contribution is 2.30. The highest BCUT2D eigenvalue weighted by molar-refractivity contribution is 9.10. The van der Waals surface area contributed by atoms with Gasteiger partial charge < -0.3 is 4.74 Å². The fourth-order valence-electron chi connectivity index (χ4n) is 2.70. The van der Waals surface area contributed by atoms with Crippen molar-refractivity contribution in [2.24, 2.45) is 11.8 Å². The van der Waals surface area contributed by atoms with Gasteiger partial charge in [0.1, 0.15) is 16.4 Å². The Bertz CT molecular complexity index is 426. The number of aromatic nitrogens is 1. The predicted octanol–water partition coefficient (Wildman–Crippen LogP) is 3.83. The van der Waals surface area contributed by atoms with Gasteiger partial charge in [-0.2, -0.15) is 0 Å². The minimum atomic E-state index is -0.317. The lowest BCUT2D eigenvalue weighted by Gasteiger charge is -2.30. The van der Waals surface area contributed by atoms with Crippen LogP contribution in [0.5, 0.6) is 0 Å². The van der Waals surface area contributed by atoms with E-state index in [1.807, 2.05) is 0 Å². The minimum absolute atomic E-state index is 0.0389. The summed E-state index contributed by atoms with van der Waals surface area (Å²) < 4.78 is 6.21. The van der Waals surface area contributed by atoms with Crippen LogP contribution in [-0.2, 0) is 4.74 Å². The third kappa shape index (κ3) is 3.55. The lowest BCUT2D eigenvalue weighted by molar-refractivity contribution is 0.00743. The number of pyridine rings is 1. The van der Waals surface area contributed by atoms with Crippen molar-refractivity contribution in [1.29, 1.82) is 0 Å². The summed E-state index contributed by atoms with van der Waals surface area (Å²) in [4.78, 5) is 16.1. The Balaban J connectivity index is 1.99. The summed E-state index contributed by atoms with van der Waals surface area (Å²) in [5.74, 6) is 0.937. The van der Waals surface area contributed by atoms with E-state index in [9.17, 15) is 4.79 Å². The van der Waals surface area contributed by atoms with Gasteiger partial charge in [-0.25, -0.2) is 9.78 Å². The summed E-state index contributed by atoms with van der Waals surface area (Å²) in [5.41, 5.74) is 0.371. The van der Waals surface area contributed by atoms with Gasteiger partial charge in [0.2, 0.25) is 0 Å². The molecule has 2 rings (SSSR count). The standard InChI is InChI=1S/C14H18BrNO2/c1-9-6-10(2)8-11(7-9)18-14(17)12-4-3-5-13(15)16-12/h3-5,9-11H,6-8H2,1-2H3. The van der Waals surface area contributed by atoms with E-state index in [0.717, 1.165) is 12.8 Å². The number of halogens is 1. The number of nitrogens with zero attached hydrogens (tertiary/aromatic N) is 1. The molecule has 0 bridgehead atoms. The average molecular weight is 312 g/mol. The first-order chi connectivity index (χ1) is 8.54. The highest BCUT2D eigenvalue weighted by atomic mass is 79.9. The SMILES string of the molecule is CC1CC(C)CC(OC(=O)c2cccc(Br)n2)C1. The van der Waals surface area contributed by atoms with Crippen LogP contribution in [0.1, 0.15) is 43.6 Å². The van der Waals surface area contributed by atoms with Gasteiger partial charge in [-0.1, -0.05) is 19.9 Å². The van der Waals surface area contributed by atoms with E-state index >= 15 is 0 Å². The fourth-order valence-corrected chi connectivity index (χ4v) is 3.05. The first kappa shape index (κ1) is 13.5. The van der Waals surface area contributed by atoms with Gasteiger partial charge in [0.25, 0.3) is 0 Å². The lowest BCUT2D eigenvalue weighted by atomic mass is 9.82. The van der Waals surface area contributed by atoms with Crippen molar-refractivity contribution < 1.29 is 9.53 Å². The molecule has 2 unspecified atom stereocenters. The summed E-state index contributed by atoms with van der Waals surface area (Å²) in [6.45, 7) is 4.43. The van der Waals surface area contributed by atoms with Gasteiger partial charge in [0, 0.05) is 0 Å². The number of esters is 1. The molecule has 1 fully saturated rings. The zero-order valence-corrected chi connectivity index (χ0v) is 12.3. The maximum absolute atomic E-state index is 12.0. The van der Waals surface area contributed by atoms with Crippen LogP contribution in [0.4, 0.5) is 0 Å². The first-order valence-electron chi connectivity index (χ1n) is 6.38. The molecule has 1 aromatic heterocycles. The van der Waals surface area contributed by atoms with Crippen molar-refractivity contribution >= 4 is 21.9 Å². The second-order valence-electron chi connectivity index (χ2n) is 5.29. The summed E-state index contributed by atoms with van der Waals surface area (Å²) in [7, 11) is 0. The van der Waals surface area contributed by atoms with Crippen molar-refractivity contribution in [1.82, 2.24) is 4.98 Å². The van der Waals surface area contributed by atoms with E-state index in [-0.39, 0.29) is 12.1 Å². The molecule has 3 nitrogen and oxygen atoms in total. The summed E-state index contributed by atoms with van der Waals surface area (Å²) >= 11 is 3.26. The molecule has 1 saturated carbocycles. The molecule has 0 saturated heterocycles. The van der Waals surface area contributed by atoms with E-state index in [4.69, 9.17) is 4.74 Å². The zero-order chi connectivity index (χ0) is 13.1. The van der Waals surface area contributed by atoms with Crippen molar-refractivity contribution in [2.75, 3.05) is 0 Å². The Hall–Kier alpha value is -0.900. The van der Waals surface area contributed by atoms with Gasteiger partial charge >= 0.3 is 5.97 Å². The molecule has 98 valence electrons. The van der Waals surface area contributed by atoms with Crippen LogP contribution in [0.25, 0.3) is 0 Å². The average Bonchev–Trinajstić information content (AvgIpc) is 2.27. The quantitative estimate of drug-likeness (QED) is 0.615. The molecule has 1 aromatic rings. The summed E-state index contributed by atoms with van der Waals surface area (Å²) in [6, 6.07) is 5.27. The van der Waals surface area contributed by atoms with Gasteiger partial charge in [0.05, 0.1) is 0 Å². The third-order valence-electron chi connectivity index (χ3n) is 3.33. The smallest absolute Gasteiger partial charge is 0.357 e. The monoisotopic (exact) mass is 311 g/mol. The van der Waals surface area contributed by atoms with Gasteiger partial charge in [-0.15, -0.1) is 0 Å². The molecule has 1 heterocycles. The molecule has 0 aliphatic heterocycles. The Morgan fingerprint density at radius 3 is 2.56 bits per heavy atom. The number of ether oxygens (including phenoxy) is 1. The minimum Gasteiger partial charge on any atom is -0.458 e. The van der Waals surface area contributed by atoms with E-state index in [0.29, 0.717) is 22.1 Å². The first-order valence-corrected chi connectivity index (χ1v) is 7.17. The van der Waals surface area contributed by atoms with E-state index in [1.54, 1.807) is 18.2 Å². The maximum atomic E-state index is 12.0. The molecule has 0 spiro atoms. The van der Waals surface area contributed by atoms with E-state index in [1.165, 1.54) is 6.42 Å². The molecule has 0 amide bonds. The van der Waals surface area contributed by atoms with Gasteiger partial charge in [-0.3, -0.25) is 0 Å². The molecule has 0 N–H and O–H groups in total. The third-order valence-corrected chi connectivity index (χ3v) is 3.77. The fraction of sp³-hybridized carbons (Fsp3) is 0.571. The largest absolute Gasteiger partial charge is 0.458 e.